The van der Waals surface area contributed by atoms with Gasteiger partial charge in [0.2, 0.25) is 0 Å². The maximum atomic E-state index is 9.73. The second-order valence-corrected chi connectivity index (χ2v) is 4.55. The van der Waals surface area contributed by atoms with Gasteiger partial charge in [-0.15, -0.1) is 0 Å². The first-order valence-corrected chi connectivity index (χ1v) is 5.23. The molecule has 0 amide bonds. The number of piperidine rings is 1. The van der Waals surface area contributed by atoms with E-state index in [1.807, 2.05) is 20.8 Å². The average Bonchev–Trinajstić information content (AvgIpc) is 2.04. The molecule has 1 unspecified atom stereocenters. The summed E-state index contributed by atoms with van der Waals surface area (Å²) in [7, 11) is 0. The van der Waals surface area contributed by atoms with Gasteiger partial charge in [-0.05, 0) is 33.6 Å². The number of hydrogen-bond donors (Lipinski definition) is 2. The third kappa shape index (κ3) is 3.63. The Morgan fingerprint density at radius 1 is 1.23 bits per heavy atom. The lowest BCUT2D eigenvalue weighted by atomic mass is 10.0. The van der Waals surface area contributed by atoms with Crippen molar-refractivity contribution in [1.82, 2.24) is 10.4 Å². The van der Waals surface area contributed by atoms with Crippen molar-refractivity contribution in [1.29, 1.82) is 0 Å². The Morgan fingerprint density at radius 3 is 2.23 bits per heavy atom. The maximum Gasteiger partial charge on any atom is 0.0754 e. The Hall–Kier alpha value is -0.120. The molecule has 1 atom stereocenters. The lowest BCUT2D eigenvalue weighted by Crippen LogP contribution is -2.53. The first-order chi connectivity index (χ1) is 6.00. The Bertz CT molecular complexity index is 147. The molecule has 0 aromatic carbocycles. The molecule has 0 aromatic rings. The van der Waals surface area contributed by atoms with Gasteiger partial charge in [0.25, 0.3) is 0 Å². The number of hydrazine groups is 1. The standard InChI is InChI=1S/C10H22N2O/c1-9(10(2,3)13)11-12-7-5-4-6-8-12/h9,11,13H,4-8H2,1-3H3. The van der Waals surface area contributed by atoms with E-state index in [1.165, 1.54) is 19.3 Å². The van der Waals surface area contributed by atoms with Crippen LogP contribution in [0.25, 0.3) is 0 Å². The van der Waals surface area contributed by atoms with Crippen molar-refractivity contribution in [3.8, 4) is 0 Å². The van der Waals surface area contributed by atoms with Gasteiger partial charge in [0, 0.05) is 19.1 Å². The van der Waals surface area contributed by atoms with Crippen LogP contribution in [0.3, 0.4) is 0 Å². The summed E-state index contributed by atoms with van der Waals surface area (Å²) in [5.41, 5.74) is 2.70. The van der Waals surface area contributed by atoms with Crippen molar-refractivity contribution in [2.24, 2.45) is 0 Å². The van der Waals surface area contributed by atoms with Gasteiger partial charge in [0.05, 0.1) is 5.60 Å². The Morgan fingerprint density at radius 2 is 1.77 bits per heavy atom. The molecule has 78 valence electrons. The van der Waals surface area contributed by atoms with Crippen molar-refractivity contribution in [2.45, 2.75) is 51.7 Å². The molecule has 0 aromatic heterocycles. The molecule has 3 heteroatoms. The van der Waals surface area contributed by atoms with E-state index in [4.69, 9.17) is 0 Å². The normalized spacial score (nSPS) is 23.1. The highest BCUT2D eigenvalue weighted by molar-refractivity contribution is 4.79. The lowest BCUT2D eigenvalue weighted by molar-refractivity contribution is 0.00270. The van der Waals surface area contributed by atoms with E-state index in [-0.39, 0.29) is 6.04 Å². The fraction of sp³-hybridized carbons (Fsp3) is 1.00. The van der Waals surface area contributed by atoms with Crippen LogP contribution in [0.1, 0.15) is 40.0 Å². The van der Waals surface area contributed by atoms with Crippen molar-refractivity contribution < 1.29 is 5.11 Å². The van der Waals surface area contributed by atoms with Gasteiger partial charge in [0.1, 0.15) is 0 Å². The minimum atomic E-state index is -0.641. The van der Waals surface area contributed by atoms with Crippen LogP contribution in [0.2, 0.25) is 0 Å². The van der Waals surface area contributed by atoms with Crippen molar-refractivity contribution in [3.05, 3.63) is 0 Å². The third-order valence-corrected chi connectivity index (χ3v) is 2.79. The highest BCUT2D eigenvalue weighted by Gasteiger charge is 2.24. The summed E-state index contributed by atoms with van der Waals surface area (Å²) in [5, 5.41) is 12.0. The van der Waals surface area contributed by atoms with E-state index in [0.29, 0.717) is 0 Å². The minimum Gasteiger partial charge on any atom is -0.389 e. The van der Waals surface area contributed by atoms with Crippen LogP contribution in [0.15, 0.2) is 0 Å². The molecule has 13 heavy (non-hydrogen) atoms. The molecule has 0 radical (unpaired) electrons. The first-order valence-electron chi connectivity index (χ1n) is 5.23. The summed E-state index contributed by atoms with van der Waals surface area (Å²) >= 11 is 0. The number of aliphatic hydroxyl groups is 1. The summed E-state index contributed by atoms with van der Waals surface area (Å²) in [6.07, 6.45) is 3.88. The van der Waals surface area contributed by atoms with Crippen LogP contribution in [-0.4, -0.2) is 34.8 Å². The zero-order chi connectivity index (χ0) is 9.90. The highest BCUT2D eigenvalue weighted by atomic mass is 16.3. The van der Waals surface area contributed by atoms with E-state index in [2.05, 4.69) is 10.4 Å². The molecule has 1 heterocycles. The number of rotatable bonds is 3. The van der Waals surface area contributed by atoms with E-state index in [1.54, 1.807) is 0 Å². The van der Waals surface area contributed by atoms with E-state index in [0.717, 1.165) is 13.1 Å². The number of nitrogens with one attached hydrogen (secondary N) is 1. The smallest absolute Gasteiger partial charge is 0.0754 e. The van der Waals surface area contributed by atoms with Crippen LogP contribution in [0.5, 0.6) is 0 Å². The van der Waals surface area contributed by atoms with Gasteiger partial charge in [-0.3, -0.25) is 0 Å². The molecule has 0 aliphatic carbocycles. The Labute approximate surface area is 81.1 Å². The molecule has 0 bridgehead atoms. The lowest BCUT2D eigenvalue weighted by Gasteiger charge is -2.35. The molecule has 3 nitrogen and oxygen atoms in total. The van der Waals surface area contributed by atoms with E-state index < -0.39 is 5.60 Å². The van der Waals surface area contributed by atoms with Gasteiger partial charge < -0.3 is 5.11 Å². The van der Waals surface area contributed by atoms with Crippen LogP contribution in [0.4, 0.5) is 0 Å². The highest BCUT2D eigenvalue weighted by Crippen LogP contribution is 2.11. The summed E-state index contributed by atoms with van der Waals surface area (Å²) in [6, 6.07) is 0.116. The minimum absolute atomic E-state index is 0.116. The zero-order valence-corrected chi connectivity index (χ0v) is 9.01. The first kappa shape index (κ1) is 11.0. The largest absolute Gasteiger partial charge is 0.389 e. The average molecular weight is 186 g/mol. The SMILES string of the molecule is CC(NN1CCCCC1)C(C)(C)O. The molecule has 1 aliphatic heterocycles. The van der Waals surface area contributed by atoms with E-state index >= 15 is 0 Å². The number of nitrogens with zero attached hydrogens (tertiary/aromatic N) is 1. The monoisotopic (exact) mass is 186 g/mol. The molecule has 0 spiro atoms. The molecule has 1 saturated heterocycles. The molecule has 1 aliphatic rings. The van der Waals surface area contributed by atoms with Crippen LogP contribution >= 0.6 is 0 Å². The van der Waals surface area contributed by atoms with E-state index in [9.17, 15) is 5.11 Å². The predicted molar refractivity (Wildman–Crippen MR) is 54.3 cm³/mol. The predicted octanol–water partition coefficient (Wildman–Crippen LogP) is 1.14. The maximum absolute atomic E-state index is 9.73. The topological polar surface area (TPSA) is 35.5 Å². The van der Waals surface area contributed by atoms with Crippen molar-refractivity contribution in [2.75, 3.05) is 13.1 Å². The molecule has 0 saturated carbocycles. The summed E-state index contributed by atoms with van der Waals surface area (Å²) < 4.78 is 0. The van der Waals surface area contributed by atoms with Gasteiger partial charge in [-0.1, -0.05) is 6.42 Å². The van der Waals surface area contributed by atoms with Crippen LogP contribution < -0.4 is 5.43 Å². The van der Waals surface area contributed by atoms with Gasteiger partial charge >= 0.3 is 0 Å². The molecule has 2 N–H and O–H groups in total. The molecular weight excluding hydrogens is 164 g/mol. The molecule has 1 fully saturated rings. The van der Waals surface area contributed by atoms with Crippen LogP contribution in [0, 0.1) is 0 Å². The number of hydrogen-bond acceptors (Lipinski definition) is 3. The summed E-state index contributed by atoms with van der Waals surface area (Å²) in [4.78, 5) is 0. The van der Waals surface area contributed by atoms with Gasteiger partial charge in [0.15, 0.2) is 0 Å². The molecule has 1 rings (SSSR count). The third-order valence-electron chi connectivity index (χ3n) is 2.79. The van der Waals surface area contributed by atoms with Crippen molar-refractivity contribution in [3.63, 3.8) is 0 Å². The summed E-state index contributed by atoms with van der Waals surface area (Å²) in [5.74, 6) is 0. The Balaban J connectivity index is 2.30. The fourth-order valence-corrected chi connectivity index (χ4v) is 1.45. The van der Waals surface area contributed by atoms with Crippen molar-refractivity contribution >= 4 is 0 Å². The van der Waals surface area contributed by atoms with Crippen LogP contribution in [-0.2, 0) is 0 Å². The second kappa shape index (κ2) is 4.40. The van der Waals surface area contributed by atoms with Gasteiger partial charge in [-0.25, -0.2) is 10.4 Å². The van der Waals surface area contributed by atoms with Gasteiger partial charge in [-0.2, -0.15) is 0 Å². The Kier molecular flexibility index (Phi) is 3.71. The summed E-state index contributed by atoms with van der Waals surface area (Å²) in [6.45, 7) is 7.93. The molecular formula is C10H22N2O. The zero-order valence-electron chi connectivity index (χ0n) is 9.01. The second-order valence-electron chi connectivity index (χ2n) is 4.55. The fourth-order valence-electron chi connectivity index (χ4n) is 1.45. The quantitative estimate of drug-likeness (QED) is 0.693.